The molecule has 1 aromatic rings. The van der Waals surface area contributed by atoms with Crippen molar-refractivity contribution in [1.82, 2.24) is 0 Å². The second-order valence-corrected chi connectivity index (χ2v) is 3.78. The van der Waals surface area contributed by atoms with E-state index in [0.29, 0.717) is 23.8 Å². The van der Waals surface area contributed by atoms with Gasteiger partial charge < -0.3 is 10.5 Å². The van der Waals surface area contributed by atoms with Gasteiger partial charge in [-0.1, -0.05) is 17.7 Å². The monoisotopic (exact) mass is 231 g/mol. The molecule has 0 radical (unpaired) electrons. The molecule has 0 spiro atoms. The molecule has 0 aromatic heterocycles. The molecule has 0 saturated carbocycles. The van der Waals surface area contributed by atoms with Gasteiger partial charge in [-0.15, -0.1) is 0 Å². The molecule has 0 aliphatic carbocycles. The number of ether oxygens (including phenoxy) is 1. The molecule has 0 amide bonds. The molecule has 4 heteroatoms. The van der Waals surface area contributed by atoms with Crippen molar-refractivity contribution in [2.75, 3.05) is 13.3 Å². The van der Waals surface area contributed by atoms with Gasteiger partial charge in [-0.2, -0.15) is 0 Å². The molecular formula is C11H15ClFNO. The Balaban J connectivity index is 2.66. The van der Waals surface area contributed by atoms with Gasteiger partial charge in [0.25, 0.3) is 0 Å². The highest BCUT2D eigenvalue weighted by molar-refractivity contribution is 6.32. The molecule has 0 aliphatic rings. The van der Waals surface area contributed by atoms with Crippen LogP contribution in [0.2, 0.25) is 5.02 Å². The van der Waals surface area contributed by atoms with Crippen molar-refractivity contribution in [1.29, 1.82) is 0 Å². The third kappa shape index (κ3) is 3.68. The maximum absolute atomic E-state index is 11.8. The van der Waals surface area contributed by atoms with E-state index in [1.807, 2.05) is 13.0 Å². The molecule has 84 valence electrons. The van der Waals surface area contributed by atoms with Gasteiger partial charge in [0.05, 0.1) is 18.3 Å². The molecule has 2 nitrogen and oxygen atoms in total. The topological polar surface area (TPSA) is 35.2 Å². The highest BCUT2D eigenvalue weighted by Crippen LogP contribution is 2.27. The molecule has 0 fully saturated rings. The summed E-state index contributed by atoms with van der Waals surface area (Å²) in [4.78, 5) is 0. The Morgan fingerprint density at radius 2 is 2.27 bits per heavy atom. The average Bonchev–Trinajstić information content (AvgIpc) is 2.20. The number of nitrogens with two attached hydrogens (primary N) is 1. The molecule has 1 rings (SSSR count). The Hall–Kier alpha value is -0.800. The zero-order chi connectivity index (χ0) is 11.3. The smallest absolute Gasteiger partial charge is 0.137 e. The van der Waals surface area contributed by atoms with E-state index < -0.39 is 0 Å². The number of alkyl halides is 1. The molecule has 0 heterocycles. The first-order valence-electron chi connectivity index (χ1n) is 4.89. The van der Waals surface area contributed by atoms with E-state index in [4.69, 9.17) is 22.1 Å². The first kappa shape index (κ1) is 12.3. The average molecular weight is 232 g/mol. The lowest BCUT2D eigenvalue weighted by atomic mass is 10.1. The van der Waals surface area contributed by atoms with Gasteiger partial charge in [0, 0.05) is 12.5 Å². The summed E-state index contributed by atoms with van der Waals surface area (Å²) < 4.78 is 17.1. The van der Waals surface area contributed by atoms with E-state index in [-0.39, 0.29) is 12.7 Å². The van der Waals surface area contributed by atoms with Crippen LogP contribution in [-0.4, -0.2) is 13.3 Å². The minimum absolute atomic E-state index is 0.0533. The number of benzene rings is 1. The Labute approximate surface area is 94.2 Å². The maximum Gasteiger partial charge on any atom is 0.137 e. The molecular weight excluding hydrogens is 217 g/mol. The van der Waals surface area contributed by atoms with Crippen molar-refractivity contribution >= 4 is 11.6 Å². The summed E-state index contributed by atoms with van der Waals surface area (Å²) in [6.45, 7) is 1.85. The maximum atomic E-state index is 11.8. The predicted molar refractivity (Wildman–Crippen MR) is 60.1 cm³/mol. The largest absolute Gasteiger partial charge is 0.492 e. The van der Waals surface area contributed by atoms with Crippen molar-refractivity contribution in [3.05, 3.63) is 28.8 Å². The standard InChI is InChI=1S/C11H15ClFNO/c1-8(14)9-3-4-11(10(12)7-9)15-6-2-5-13/h3-4,7-8H,2,5-6,14H2,1H3/t8-/m1/s1. The van der Waals surface area contributed by atoms with Crippen LogP contribution in [-0.2, 0) is 0 Å². The van der Waals surface area contributed by atoms with Crippen LogP contribution in [0.4, 0.5) is 4.39 Å². The first-order chi connectivity index (χ1) is 7.15. The van der Waals surface area contributed by atoms with Crippen LogP contribution in [0.15, 0.2) is 18.2 Å². The summed E-state index contributed by atoms with van der Waals surface area (Å²) in [7, 11) is 0. The minimum atomic E-state index is -0.379. The van der Waals surface area contributed by atoms with Crippen molar-refractivity contribution in [3.63, 3.8) is 0 Å². The fourth-order valence-corrected chi connectivity index (χ4v) is 1.40. The van der Waals surface area contributed by atoms with Gasteiger partial charge in [0.1, 0.15) is 5.75 Å². The predicted octanol–water partition coefficient (Wildman–Crippen LogP) is 3.10. The number of hydrogen-bond acceptors (Lipinski definition) is 2. The number of hydrogen-bond donors (Lipinski definition) is 1. The Kier molecular flexibility index (Phi) is 4.85. The summed E-state index contributed by atoms with van der Waals surface area (Å²) in [6.07, 6.45) is 0.380. The number of halogens is 2. The zero-order valence-corrected chi connectivity index (χ0v) is 9.43. The lowest BCUT2D eigenvalue weighted by Gasteiger charge is -2.10. The fraction of sp³-hybridized carbons (Fsp3) is 0.455. The van der Waals surface area contributed by atoms with Crippen LogP contribution < -0.4 is 10.5 Å². The Bertz CT molecular complexity index is 317. The normalized spacial score (nSPS) is 12.5. The van der Waals surface area contributed by atoms with Crippen molar-refractivity contribution in [2.24, 2.45) is 5.73 Å². The van der Waals surface area contributed by atoms with Crippen molar-refractivity contribution < 1.29 is 9.13 Å². The summed E-state index contributed by atoms with van der Waals surface area (Å²) in [5.74, 6) is 0.578. The summed E-state index contributed by atoms with van der Waals surface area (Å²) in [5.41, 5.74) is 6.66. The first-order valence-corrected chi connectivity index (χ1v) is 5.26. The van der Waals surface area contributed by atoms with Gasteiger partial charge in [-0.25, -0.2) is 0 Å². The van der Waals surface area contributed by atoms with E-state index in [1.165, 1.54) is 0 Å². The molecule has 2 N–H and O–H groups in total. The SMILES string of the molecule is C[C@@H](N)c1ccc(OCCCF)c(Cl)c1. The molecule has 1 aromatic carbocycles. The van der Waals surface area contributed by atoms with Gasteiger partial charge in [0.2, 0.25) is 0 Å². The summed E-state index contributed by atoms with van der Waals surface area (Å²) in [6, 6.07) is 5.35. The highest BCUT2D eigenvalue weighted by atomic mass is 35.5. The third-order valence-electron chi connectivity index (χ3n) is 2.02. The second kappa shape index (κ2) is 5.93. The van der Waals surface area contributed by atoms with E-state index in [0.717, 1.165) is 5.56 Å². The quantitative estimate of drug-likeness (QED) is 0.791. The van der Waals surface area contributed by atoms with Gasteiger partial charge in [-0.05, 0) is 24.6 Å². The molecule has 0 aliphatic heterocycles. The van der Waals surface area contributed by atoms with E-state index in [2.05, 4.69) is 0 Å². The number of rotatable bonds is 5. The Morgan fingerprint density at radius 3 is 2.80 bits per heavy atom. The van der Waals surface area contributed by atoms with Gasteiger partial charge >= 0.3 is 0 Å². The van der Waals surface area contributed by atoms with Crippen molar-refractivity contribution in [3.8, 4) is 5.75 Å². The van der Waals surface area contributed by atoms with E-state index >= 15 is 0 Å². The van der Waals surface area contributed by atoms with Crippen LogP contribution in [0.5, 0.6) is 5.75 Å². The molecule has 1 atom stereocenters. The van der Waals surface area contributed by atoms with E-state index in [9.17, 15) is 4.39 Å². The lowest BCUT2D eigenvalue weighted by molar-refractivity contribution is 0.290. The Morgan fingerprint density at radius 1 is 1.53 bits per heavy atom. The van der Waals surface area contributed by atoms with Crippen molar-refractivity contribution in [2.45, 2.75) is 19.4 Å². The second-order valence-electron chi connectivity index (χ2n) is 3.37. The third-order valence-corrected chi connectivity index (χ3v) is 2.31. The summed E-state index contributed by atoms with van der Waals surface area (Å²) in [5, 5.41) is 0.517. The molecule has 0 bridgehead atoms. The zero-order valence-electron chi connectivity index (χ0n) is 8.67. The van der Waals surface area contributed by atoms with Crippen LogP contribution in [0.25, 0.3) is 0 Å². The lowest BCUT2D eigenvalue weighted by Crippen LogP contribution is -2.05. The van der Waals surface area contributed by atoms with E-state index in [1.54, 1.807) is 12.1 Å². The van der Waals surface area contributed by atoms with Crippen LogP contribution in [0.1, 0.15) is 24.9 Å². The highest BCUT2D eigenvalue weighted by Gasteiger charge is 2.05. The molecule has 15 heavy (non-hydrogen) atoms. The van der Waals surface area contributed by atoms with Crippen LogP contribution in [0, 0.1) is 0 Å². The molecule has 0 unspecified atom stereocenters. The summed E-state index contributed by atoms with van der Waals surface area (Å²) >= 11 is 5.98. The van der Waals surface area contributed by atoms with Crippen LogP contribution in [0.3, 0.4) is 0 Å². The minimum Gasteiger partial charge on any atom is -0.492 e. The fourth-order valence-electron chi connectivity index (χ4n) is 1.15. The van der Waals surface area contributed by atoms with Crippen LogP contribution >= 0.6 is 11.6 Å². The van der Waals surface area contributed by atoms with Gasteiger partial charge in [-0.3, -0.25) is 4.39 Å². The molecule has 0 saturated heterocycles. The van der Waals surface area contributed by atoms with Gasteiger partial charge in [0.15, 0.2) is 0 Å².